The van der Waals surface area contributed by atoms with Crippen LogP contribution in [0.15, 0.2) is 47.0 Å². The Balaban J connectivity index is 1.86. The van der Waals surface area contributed by atoms with E-state index in [4.69, 9.17) is 55.9 Å². The van der Waals surface area contributed by atoms with Gasteiger partial charge in [0.1, 0.15) is 23.1 Å². The Labute approximate surface area is 172 Å². The van der Waals surface area contributed by atoms with Crippen molar-refractivity contribution in [1.29, 1.82) is 0 Å². The molecule has 0 aliphatic heterocycles. The molecule has 0 radical (unpaired) electrons. The van der Waals surface area contributed by atoms with Crippen molar-refractivity contribution in [2.24, 2.45) is 0 Å². The minimum Gasteiger partial charge on any atom is -0.490 e. The summed E-state index contributed by atoms with van der Waals surface area (Å²) in [5, 5.41) is 0.729. The molecular weight excluding hydrogens is 418 g/mol. The standard InChI is InChI=1S/C19H16Cl4O3/c20-16-10-15(25-9-7-18(22)23)11-17(21)19(16)26-8-1-2-13-3-5-14(12-24)6-4-13/h3-7,10-12H,1-2,8-9H2. The third-order valence-electron chi connectivity index (χ3n) is 3.43. The number of carbonyl (C=O) groups excluding carboxylic acids is 1. The van der Waals surface area contributed by atoms with Gasteiger partial charge in [0, 0.05) is 17.7 Å². The van der Waals surface area contributed by atoms with E-state index < -0.39 is 0 Å². The zero-order valence-electron chi connectivity index (χ0n) is 13.7. The van der Waals surface area contributed by atoms with Crippen LogP contribution in [0.4, 0.5) is 0 Å². The zero-order chi connectivity index (χ0) is 18.9. The predicted octanol–water partition coefficient (Wildman–Crippen LogP) is 6.52. The summed E-state index contributed by atoms with van der Waals surface area (Å²) in [6.07, 6.45) is 3.94. The lowest BCUT2D eigenvalue weighted by Gasteiger charge is -2.12. The first kappa shape index (κ1) is 20.9. The molecule has 0 aliphatic rings. The summed E-state index contributed by atoms with van der Waals surface area (Å²) in [6.45, 7) is 0.664. The molecule has 3 nitrogen and oxygen atoms in total. The van der Waals surface area contributed by atoms with Crippen molar-refractivity contribution in [3.8, 4) is 11.5 Å². The lowest BCUT2D eigenvalue weighted by molar-refractivity contribution is 0.112. The molecule has 0 fully saturated rings. The van der Waals surface area contributed by atoms with Gasteiger partial charge in [-0.3, -0.25) is 4.79 Å². The van der Waals surface area contributed by atoms with Crippen LogP contribution in [0.5, 0.6) is 11.5 Å². The molecule has 0 heterocycles. The number of hydrogen-bond donors (Lipinski definition) is 0. The Morgan fingerprint density at radius 2 is 1.65 bits per heavy atom. The number of aldehydes is 1. The smallest absolute Gasteiger partial charge is 0.156 e. The molecule has 0 aliphatic carbocycles. The van der Waals surface area contributed by atoms with Gasteiger partial charge in [-0.05, 0) is 24.5 Å². The van der Waals surface area contributed by atoms with Gasteiger partial charge in [0.25, 0.3) is 0 Å². The molecule has 0 atom stereocenters. The Kier molecular flexibility index (Phi) is 8.60. The van der Waals surface area contributed by atoms with Crippen LogP contribution in [0.25, 0.3) is 0 Å². The molecule has 0 spiro atoms. The number of halogens is 4. The molecule has 26 heavy (non-hydrogen) atoms. The number of ether oxygens (including phenoxy) is 2. The molecule has 0 saturated carbocycles. The number of rotatable bonds is 9. The van der Waals surface area contributed by atoms with E-state index in [0.29, 0.717) is 33.7 Å². The molecule has 0 saturated heterocycles. The minimum atomic E-state index is 0.128. The Morgan fingerprint density at radius 3 is 2.23 bits per heavy atom. The first-order valence-electron chi connectivity index (χ1n) is 7.79. The monoisotopic (exact) mass is 432 g/mol. The van der Waals surface area contributed by atoms with Gasteiger partial charge in [0.2, 0.25) is 0 Å². The summed E-state index contributed by atoms with van der Waals surface area (Å²) < 4.78 is 11.3. The van der Waals surface area contributed by atoms with E-state index in [0.717, 1.165) is 24.7 Å². The van der Waals surface area contributed by atoms with Crippen LogP contribution in [-0.4, -0.2) is 19.5 Å². The maximum absolute atomic E-state index is 10.6. The first-order chi connectivity index (χ1) is 12.5. The summed E-state index contributed by atoms with van der Waals surface area (Å²) in [7, 11) is 0. The summed E-state index contributed by atoms with van der Waals surface area (Å²) in [6, 6.07) is 10.7. The summed E-state index contributed by atoms with van der Waals surface area (Å²) in [5.74, 6) is 0.913. The minimum absolute atomic E-state index is 0.128. The molecule has 2 aromatic rings. The number of hydrogen-bond acceptors (Lipinski definition) is 3. The maximum atomic E-state index is 10.6. The molecule has 0 bridgehead atoms. The highest BCUT2D eigenvalue weighted by Crippen LogP contribution is 2.37. The van der Waals surface area contributed by atoms with Crippen LogP contribution in [0.3, 0.4) is 0 Å². The van der Waals surface area contributed by atoms with E-state index in [-0.39, 0.29) is 11.1 Å². The Bertz CT molecular complexity index is 746. The van der Waals surface area contributed by atoms with E-state index >= 15 is 0 Å². The third-order valence-corrected chi connectivity index (χ3v) is 4.30. The fourth-order valence-electron chi connectivity index (χ4n) is 2.17. The van der Waals surface area contributed by atoms with E-state index in [2.05, 4.69) is 0 Å². The Morgan fingerprint density at radius 1 is 1.00 bits per heavy atom. The summed E-state index contributed by atoms with van der Waals surface area (Å²) in [4.78, 5) is 10.6. The molecule has 138 valence electrons. The van der Waals surface area contributed by atoms with E-state index in [1.165, 1.54) is 6.08 Å². The lowest BCUT2D eigenvalue weighted by Crippen LogP contribution is -2.01. The van der Waals surface area contributed by atoms with Gasteiger partial charge in [-0.15, -0.1) is 0 Å². The van der Waals surface area contributed by atoms with E-state index in [1.807, 2.05) is 12.1 Å². The highest BCUT2D eigenvalue weighted by Gasteiger charge is 2.10. The van der Waals surface area contributed by atoms with Crippen LogP contribution >= 0.6 is 46.4 Å². The largest absolute Gasteiger partial charge is 0.490 e. The molecule has 7 heteroatoms. The average molecular weight is 434 g/mol. The van der Waals surface area contributed by atoms with Gasteiger partial charge in [0.15, 0.2) is 5.75 Å². The average Bonchev–Trinajstić information content (AvgIpc) is 2.60. The van der Waals surface area contributed by atoms with E-state index in [9.17, 15) is 4.79 Å². The fourth-order valence-corrected chi connectivity index (χ4v) is 2.87. The van der Waals surface area contributed by atoms with Crippen molar-refractivity contribution < 1.29 is 14.3 Å². The quantitative estimate of drug-likeness (QED) is 0.333. The van der Waals surface area contributed by atoms with Crippen molar-refractivity contribution in [3.05, 3.63) is 68.1 Å². The topological polar surface area (TPSA) is 35.5 Å². The predicted molar refractivity (Wildman–Crippen MR) is 107 cm³/mol. The SMILES string of the molecule is O=Cc1ccc(CCCOc2c(Cl)cc(OCC=C(Cl)Cl)cc2Cl)cc1. The molecule has 0 N–H and O–H groups in total. The first-order valence-corrected chi connectivity index (χ1v) is 9.30. The molecule has 0 unspecified atom stereocenters. The number of carbonyl (C=O) groups is 1. The second-order valence-corrected chi connectivity index (χ2v) is 7.15. The summed E-state index contributed by atoms with van der Waals surface area (Å²) in [5.41, 5.74) is 1.79. The van der Waals surface area contributed by atoms with Crippen LogP contribution in [0, 0.1) is 0 Å². The Hall–Kier alpha value is -1.39. The zero-order valence-corrected chi connectivity index (χ0v) is 16.7. The summed E-state index contributed by atoms with van der Waals surface area (Å²) >= 11 is 23.5. The molecular formula is C19H16Cl4O3. The second kappa shape index (κ2) is 10.7. The van der Waals surface area contributed by atoms with Gasteiger partial charge < -0.3 is 9.47 Å². The van der Waals surface area contributed by atoms with E-state index in [1.54, 1.807) is 24.3 Å². The van der Waals surface area contributed by atoms with Crippen molar-refractivity contribution in [1.82, 2.24) is 0 Å². The van der Waals surface area contributed by atoms with Gasteiger partial charge in [-0.1, -0.05) is 70.7 Å². The van der Waals surface area contributed by atoms with Crippen LogP contribution < -0.4 is 9.47 Å². The normalized spacial score (nSPS) is 10.3. The van der Waals surface area contributed by atoms with Crippen molar-refractivity contribution >= 4 is 52.7 Å². The van der Waals surface area contributed by atoms with Crippen molar-refractivity contribution in [2.75, 3.05) is 13.2 Å². The van der Waals surface area contributed by atoms with Gasteiger partial charge in [0.05, 0.1) is 16.7 Å². The lowest BCUT2D eigenvalue weighted by atomic mass is 10.1. The van der Waals surface area contributed by atoms with Crippen molar-refractivity contribution in [3.63, 3.8) is 0 Å². The van der Waals surface area contributed by atoms with Crippen LogP contribution in [0.2, 0.25) is 10.0 Å². The second-order valence-electron chi connectivity index (χ2n) is 5.33. The van der Waals surface area contributed by atoms with Crippen molar-refractivity contribution in [2.45, 2.75) is 12.8 Å². The highest BCUT2D eigenvalue weighted by molar-refractivity contribution is 6.55. The van der Waals surface area contributed by atoms with Crippen LogP contribution in [-0.2, 0) is 6.42 Å². The number of aryl methyl sites for hydroxylation is 1. The highest BCUT2D eigenvalue weighted by atomic mass is 35.5. The maximum Gasteiger partial charge on any atom is 0.156 e. The van der Waals surface area contributed by atoms with Gasteiger partial charge in [-0.25, -0.2) is 0 Å². The van der Waals surface area contributed by atoms with Gasteiger partial charge >= 0.3 is 0 Å². The number of benzene rings is 2. The molecule has 0 amide bonds. The third kappa shape index (κ3) is 6.73. The van der Waals surface area contributed by atoms with Gasteiger partial charge in [-0.2, -0.15) is 0 Å². The fraction of sp³-hybridized carbons (Fsp3) is 0.211. The molecule has 0 aromatic heterocycles. The van der Waals surface area contributed by atoms with Crippen LogP contribution in [0.1, 0.15) is 22.3 Å². The molecule has 2 aromatic carbocycles. The molecule has 2 rings (SSSR count).